The zero-order chi connectivity index (χ0) is 10.1. The molecule has 0 atom stereocenters. The first kappa shape index (κ1) is 9.53. The molecule has 2 rings (SSSR count). The Morgan fingerprint density at radius 3 is 2.64 bits per heavy atom. The molecule has 0 aliphatic carbocycles. The summed E-state index contributed by atoms with van der Waals surface area (Å²) < 4.78 is 6.45. The maximum Gasteiger partial charge on any atom is 0.127 e. The SMILES string of the molecule is COc1ccc(Br)c2cccc(C)c12. The van der Waals surface area contributed by atoms with Crippen LogP contribution in [0.3, 0.4) is 0 Å². The van der Waals surface area contributed by atoms with Crippen molar-refractivity contribution in [2.75, 3.05) is 7.11 Å². The molecule has 0 heterocycles. The molecule has 0 saturated heterocycles. The fourth-order valence-corrected chi connectivity index (χ4v) is 2.15. The van der Waals surface area contributed by atoms with Crippen LogP contribution < -0.4 is 4.74 Å². The Morgan fingerprint density at radius 2 is 1.93 bits per heavy atom. The van der Waals surface area contributed by atoms with Crippen LogP contribution in [0.25, 0.3) is 10.8 Å². The number of benzene rings is 2. The molecule has 0 spiro atoms. The molecule has 0 aliphatic heterocycles. The third kappa shape index (κ3) is 1.40. The minimum Gasteiger partial charge on any atom is -0.496 e. The second-order valence-electron chi connectivity index (χ2n) is 3.25. The van der Waals surface area contributed by atoms with Gasteiger partial charge in [0.1, 0.15) is 5.75 Å². The van der Waals surface area contributed by atoms with E-state index in [-0.39, 0.29) is 0 Å². The lowest BCUT2D eigenvalue weighted by atomic mass is 10.0. The fraction of sp³-hybridized carbons (Fsp3) is 0.167. The molecule has 0 aliphatic rings. The predicted octanol–water partition coefficient (Wildman–Crippen LogP) is 3.92. The highest BCUT2D eigenvalue weighted by Gasteiger charge is 2.06. The van der Waals surface area contributed by atoms with Crippen molar-refractivity contribution in [3.05, 3.63) is 40.4 Å². The van der Waals surface area contributed by atoms with E-state index in [0.717, 1.165) is 10.2 Å². The average molecular weight is 251 g/mol. The molecule has 2 aromatic rings. The van der Waals surface area contributed by atoms with Gasteiger partial charge in [0, 0.05) is 9.86 Å². The molecule has 2 heteroatoms. The second kappa shape index (κ2) is 3.62. The van der Waals surface area contributed by atoms with E-state index in [2.05, 4.69) is 41.1 Å². The Balaban J connectivity index is 2.92. The van der Waals surface area contributed by atoms with Crippen LogP contribution in [0.2, 0.25) is 0 Å². The second-order valence-corrected chi connectivity index (χ2v) is 4.10. The number of rotatable bonds is 1. The van der Waals surface area contributed by atoms with Crippen LogP contribution in [0.4, 0.5) is 0 Å². The van der Waals surface area contributed by atoms with E-state index in [0.29, 0.717) is 0 Å². The van der Waals surface area contributed by atoms with Crippen LogP contribution in [-0.4, -0.2) is 7.11 Å². The number of ether oxygens (including phenoxy) is 1. The van der Waals surface area contributed by atoms with Gasteiger partial charge in [-0.3, -0.25) is 0 Å². The van der Waals surface area contributed by atoms with Crippen molar-refractivity contribution >= 4 is 26.7 Å². The molecular weight excluding hydrogens is 240 g/mol. The summed E-state index contributed by atoms with van der Waals surface area (Å²) in [5.41, 5.74) is 1.24. The number of aryl methyl sites for hydroxylation is 1. The van der Waals surface area contributed by atoms with Crippen molar-refractivity contribution in [1.29, 1.82) is 0 Å². The minimum atomic E-state index is 0.932. The molecule has 0 N–H and O–H groups in total. The summed E-state index contributed by atoms with van der Waals surface area (Å²) >= 11 is 3.54. The van der Waals surface area contributed by atoms with Gasteiger partial charge in [-0.15, -0.1) is 0 Å². The largest absolute Gasteiger partial charge is 0.496 e. The summed E-state index contributed by atoms with van der Waals surface area (Å²) in [5.74, 6) is 0.932. The lowest BCUT2D eigenvalue weighted by Gasteiger charge is -2.09. The highest BCUT2D eigenvalue weighted by atomic mass is 79.9. The Hall–Kier alpha value is -1.02. The molecular formula is C12H11BrO. The van der Waals surface area contributed by atoms with Gasteiger partial charge in [0.05, 0.1) is 7.11 Å². The van der Waals surface area contributed by atoms with Gasteiger partial charge in [0.15, 0.2) is 0 Å². The van der Waals surface area contributed by atoms with Gasteiger partial charge in [-0.25, -0.2) is 0 Å². The first-order chi connectivity index (χ1) is 6.74. The third-order valence-electron chi connectivity index (χ3n) is 2.38. The smallest absolute Gasteiger partial charge is 0.127 e. The normalized spacial score (nSPS) is 10.5. The first-order valence-electron chi connectivity index (χ1n) is 4.46. The molecule has 0 fully saturated rings. The summed E-state index contributed by atoms with van der Waals surface area (Å²) in [4.78, 5) is 0. The van der Waals surface area contributed by atoms with E-state index in [1.54, 1.807) is 7.11 Å². The first-order valence-corrected chi connectivity index (χ1v) is 5.25. The molecule has 14 heavy (non-hydrogen) atoms. The van der Waals surface area contributed by atoms with Gasteiger partial charge in [-0.2, -0.15) is 0 Å². The maximum absolute atomic E-state index is 5.34. The van der Waals surface area contributed by atoms with Crippen molar-refractivity contribution in [2.24, 2.45) is 0 Å². The number of fused-ring (bicyclic) bond motifs is 1. The summed E-state index contributed by atoms with van der Waals surface area (Å²) in [6.07, 6.45) is 0. The van der Waals surface area contributed by atoms with Crippen LogP contribution in [0.1, 0.15) is 5.56 Å². The summed E-state index contributed by atoms with van der Waals surface area (Å²) in [6, 6.07) is 10.2. The topological polar surface area (TPSA) is 9.23 Å². The maximum atomic E-state index is 5.34. The van der Waals surface area contributed by atoms with Crippen molar-refractivity contribution in [1.82, 2.24) is 0 Å². The lowest BCUT2D eigenvalue weighted by molar-refractivity contribution is 0.419. The Labute approximate surface area is 91.8 Å². The van der Waals surface area contributed by atoms with E-state index < -0.39 is 0 Å². The van der Waals surface area contributed by atoms with Crippen LogP contribution in [-0.2, 0) is 0 Å². The summed E-state index contributed by atoms with van der Waals surface area (Å²) in [5, 5.41) is 2.38. The van der Waals surface area contributed by atoms with Gasteiger partial charge in [-0.05, 0) is 30.0 Å². The van der Waals surface area contributed by atoms with E-state index >= 15 is 0 Å². The number of hydrogen-bond donors (Lipinski definition) is 0. The zero-order valence-corrected chi connectivity index (χ0v) is 9.76. The molecule has 0 aromatic heterocycles. The van der Waals surface area contributed by atoms with Crippen LogP contribution in [0.15, 0.2) is 34.8 Å². The Bertz CT molecular complexity index is 477. The van der Waals surface area contributed by atoms with Crippen molar-refractivity contribution in [3.8, 4) is 5.75 Å². The van der Waals surface area contributed by atoms with Gasteiger partial charge >= 0.3 is 0 Å². The van der Waals surface area contributed by atoms with E-state index in [9.17, 15) is 0 Å². The number of methoxy groups -OCH3 is 1. The van der Waals surface area contributed by atoms with Crippen LogP contribution >= 0.6 is 15.9 Å². The van der Waals surface area contributed by atoms with Crippen LogP contribution in [0.5, 0.6) is 5.75 Å². The lowest BCUT2D eigenvalue weighted by Crippen LogP contribution is -1.87. The third-order valence-corrected chi connectivity index (χ3v) is 3.07. The van der Waals surface area contributed by atoms with E-state index in [4.69, 9.17) is 4.74 Å². The van der Waals surface area contributed by atoms with Crippen LogP contribution in [0, 0.1) is 6.92 Å². The minimum absolute atomic E-state index is 0.932. The van der Waals surface area contributed by atoms with Gasteiger partial charge in [0.25, 0.3) is 0 Å². The highest BCUT2D eigenvalue weighted by molar-refractivity contribution is 9.10. The van der Waals surface area contributed by atoms with Gasteiger partial charge in [-0.1, -0.05) is 34.1 Å². The zero-order valence-electron chi connectivity index (χ0n) is 8.17. The molecule has 0 amide bonds. The molecule has 1 nitrogen and oxygen atoms in total. The predicted molar refractivity (Wildman–Crippen MR) is 62.9 cm³/mol. The molecule has 0 saturated carbocycles. The van der Waals surface area contributed by atoms with Gasteiger partial charge in [0.2, 0.25) is 0 Å². The molecule has 0 radical (unpaired) electrons. The van der Waals surface area contributed by atoms with E-state index in [1.807, 2.05) is 12.1 Å². The number of hydrogen-bond acceptors (Lipinski definition) is 1. The summed E-state index contributed by atoms with van der Waals surface area (Å²) in [7, 11) is 1.70. The molecule has 0 unspecified atom stereocenters. The monoisotopic (exact) mass is 250 g/mol. The van der Waals surface area contributed by atoms with Crippen molar-refractivity contribution in [3.63, 3.8) is 0 Å². The van der Waals surface area contributed by atoms with E-state index in [1.165, 1.54) is 16.3 Å². The fourth-order valence-electron chi connectivity index (χ4n) is 1.69. The van der Waals surface area contributed by atoms with Crippen molar-refractivity contribution in [2.45, 2.75) is 6.92 Å². The standard InChI is InChI=1S/C12H11BrO/c1-8-4-3-5-9-10(13)6-7-11(14-2)12(8)9/h3-7H,1-2H3. The molecule has 72 valence electrons. The quantitative estimate of drug-likeness (QED) is 0.746. The molecule has 2 aromatic carbocycles. The Morgan fingerprint density at radius 1 is 1.14 bits per heavy atom. The highest BCUT2D eigenvalue weighted by Crippen LogP contribution is 2.33. The average Bonchev–Trinajstić information content (AvgIpc) is 2.20. The number of halogens is 1. The van der Waals surface area contributed by atoms with Gasteiger partial charge < -0.3 is 4.74 Å². The van der Waals surface area contributed by atoms with Crippen molar-refractivity contribution < 1.29 is 4.74 Å². The Kier molecular flexibility index (Phi) is 2.46. The molecule has 0 bridgehead atoms. The summed E-state index contributed by atoms with van der Waals surface area (Å²) in [6.45, 7) is 2.09.